The summed E-state index contributed by atoms with van der Waals surface area (Å²) in [6.07, 6.45) is 47.7. The number of carboxylic acids is 1. The first kappa shape index (κ1) is 59.0. The Morgan fingerprint density at radius 1 is 0.525 bits per heavy atom. The van der Waals surface area contributed by atoms with Gasteiger partial charge in [0.05, 0.1) is 13.2 Å². The van der Waals surface area contributed by atoms with E-state index in [1.54, 1.807) is 0 Å². The molecule has 0 bridgehead atoms. The Labute approximate surface area is 372 Å². The third-order valence-electron chi connectivity index (χ3n) is 11.0. The molecule has 0 aliphatic carbocycles. The van der Waals surface area contributed by atoms with Gasteiger partial charge in [-0.15, -0.1) is 0 Å². The monoisotopic (exact) mass is 886 g/mol. The van der Waals surface area contributed by atoms with Crippen LogP contribution in [0.1, 0.15) is 239 Å². The molecule has 0 spiro atoms. The highest BCUT2D eigenvalue weighted by molar-refractivity contribution is 7.47. The number of hydrogen-bond donors (Lipinski definition) is 4. The van der Waals surface area contributed by atoms with Crippen molar-refractivity contribution >= 4 is 25.7 Å². The molecule has 0 aromatic rings. The highest BCUT2D eigenvalue weighted by Gasteiger charge is 2.28. The molecule has 61 heavy (non-hydrogen) atoms. The molecule has 0 saturated carbocycles. The highest BCUT2D eigenvalue weighted by atomic mass is 31.2. The van der Waals surface area contributed by atoms with Crippen LogP contribution in [0.25, 0.3) is 0 Å². The second-order valence-corrected chi connectivity index (χ2v) is 18.5. The minimum atomic E-state index is -4.76. The number of esters is 1. The van der Waals surface area contributed by atoms with Gasteiger partial charge in [0.15, 0.2) is 6.04 Å². The number of aliphatic hydroxyl groups is 1. The summed E-state index contributed by atoms with van der Waals surface area (Å²) in [5.74, 6) is -2.38. The summed E-state index contributed by atoms with van der Waals surface area (Å²) in [4.78, 5) is 46.0. The lowest BCUT2D eigenvalue weighted by Crippen LogP contribution is -2.43. The van der Waals surface area contributed by atoms with Crippen LogP contribution in [0, 0.1) is 0 Å². The number of amides is 1. The lowest BCUT2D eigenvalue weighted by atomic mass is 10.0. The fourth-order valence-electron chi connectivity index (χ4n) is 7.11. The van der Waals surface area contributed by atoms with E-state index in [4.69, 9.17) is 13.8 Å². The predicted molar refractivity (Wildman–Crippen MR) is 249 cm³/mol. The molecule has 0 radical (unpaired) electrons. The van der Waals surface area contributed by atoms with Crippen LogP contribution in [-0.4, -0.2) is 64.9 Å². The number of hydrogen-bond acceptors (Lipinski definition) is 8. The second kappa shape index (κ2) is 44.6. The van der Waals surface area contributed by atoms with E-state index in [0.717, 1.165) is 64.2 Å². The van der Waals surface area contributed by atoms with Crippen molar-refractivity contribution in [3.05, 3.63) is 24.3 Å². The minimum absolute atomic E-state index is 0.131. The number of aliphatic carboxylic acids is 1. The Bertz CT molecular complexity index is 1130. The standard InChI is InChI=1S/C49H92NO10P/c1-3-5-7-9-11-13-15-17-19-21-22-23-24-25-27-29-31-33-35-37-39-41-48(53)58-42-45(51)43-59-61(56,57)60-44-46(49(54)55)50-47(52)40-38-36-34-32-30-28-26-20-18-16-14-12-10-8-6-4-2/h14,16,20,26,45-46,51H,3-13,15,17-19,21-25,27-44H2,1-2H3,(H,50,52)(H,54,55)(H,56,57)/b16-14-,26-20-. The number of phosphoric acid groups is 1. The van der Waals surface area contributed by atoms with E-state index >= 15 is 0 Å². The molecule has 0 aromatic carbocycles. The molecule has 4 N–H and O–H groups in total. The topological polar surface area (TPSA) is 169 Å². The van der Waals surface area contributed by atoms with Crippen LogP contribution >= 0.6 is 7.82 Å². The maximum atomic E-state index is 12.3. The van der Waals surface area contributed by atoms with Gasteiger partial charge in [-0.3, -0.25) is 18.6 Å². The SMILES string of the molecule is CCCCCC/C=C\C/C=C\CCCCCCCC(=O)NC(COP(=O)(O)OCC(O)COC(=O)CCCCCCCCCCCCCCCCCCCCCCC)C(=O)O. The van der Waals surface area contributed by atoms with E-state index in [9.17, 15) is 34.1 Å². The Kier molecular flexibility index (Phi) is 43.1. The second-order valence-electron chi connectivity index (χ2n) is 17.0. The molecule has 0 aliphatic heterocycles. The quantitative estimate of drug-likeness (QED) is 0.0200. The smallest absolute Gasteiger partial charge is 0.472 e. The van der Waals surface area contributed by atoms with E-state index < -0.39 is 57.6 Å². The van der Waals surface area contributed by atoms with Crippen molar-refractivity contribution in [1.82, 2.24) is 5.32 Å². The zero-order valence-corrected chi connectivity index (χ0v) is 39.9. The molecule has 0 saturated heterocycles. The van der Waals surface area contributed by atoms with E-state index in [1.807, 2.05) is 0 Å². The summed E-state index contributed by atoms with van der Waals surface area (Å²) < 4.78 is 26.9. The van der Waals surface area contributed by atoms with Gasteiger partial charge in [0.2, 0.25) is 5.91 Å². The van der Waals surface area contributed by atoms with Crippen molar-refractivity contribution in [2.75, 3.05) is 19.8 Å². The summed E-state index contributed by atoms with van der Waals surface area (Å²) in [5.41, 5.74) is 0. The average Bonchev–Trinajstić information content (AvgIpc) is 3.24. The van der Waals surface area contributed by atoms with Gasteiger partial charge in [-0.1, -0.05) is 205 Å². The summed E-state index contributed by atoms with van der Waals surface area (Å²) >= 11 is 0. The molecule has 3 atom stereocenters. The van der Waals surface area contributed by atoms with E-state index in [0.29, 0.717) is 12.8 Å². The van der Waals surface area contributed by atoms with E-state index in [1.165, 1.54) is 135 Å². The molecular formula is C49H92NO10P. The van der Waals surface area contributed by atoms with Gasteiger partial charge < -0.3 is 25.2 Å². The Balaban J connectivity index is 3.82. The van der Waals surface area contributed by atoms with Crippen LogP contribution in [0.15, 0.2) is 24.3 Å². The predicted octanol–water partition coefficient (Wildman–Crippen LogP) is 13.4. The molecular weight excluding hydrogens is 794 g/mol. The number of unbranched alkanes of at least 4 members (excludes halogenated alkanes) is 29. The lowest BCUT2D eigenvalue weighted by Gasteiger charge is -2.18. The van der Waals surface area contributed by atoms with Crippen molar-refractivity contribution in [2.24, 2.45) is 0 Å². The molecule has 0 heterocycles. The molecule has 358 valence electrons. The maximum absolute atomic E-state index is 12.3. The zero-order valence-electron chi connectivity index (χ0n) is 39.0. The Hall–Kier alpha value is -2.04. The highest BCUT2D eigenvalue weighted by Crippen LogP contribution is 2.43. The molecule has 0 aromatic heterocycles. The number of rotatable bonds is 47. The lowest BCUT2D eigenvalue weighted by molar-refractivity contribution is -0.147. The van der Waals surface area contributed by atoms with Gasteiger partial charge in [-0.25, -0.2) is 9.36 Å². The summed E-state index contributed by atoms with van der Waals surface area (Å²) in [5, 5.41) is 21.9. The fraction of sp³-hybridized carbons (Fsp3) is 0.857. The first-order valence-corrected chi connectivity index (χ1v) is 26.4. The maximum Gasteiger partial charge on any atom is 0.472 e. The summed E-state index contributed by atoms with van der Waals surface area (Å²) in [7, 11) is -4.76. The first-order chi connectivity index (χ1) is 29.6. The number of carbonyl (C=O) groups excluding carboxylic acids is 2. The van der Waals surface area contributed by atoms with E-state index in [2.05, 4.69) is 43.5 Å². The first-order valence-electron chi connectivity index (χ1n) is 24.9. The van der Waals surface area contributed by atoms with Crippen molar-refractivity contribution in [3.8, 4) is 0 Å². The number of phosphoric ester groups is 1. The number of carbonyl (C=O) groups is 3. The normalized spacial score (nSPS) is 13.8. The number of carboxylic acid groups (broad SMARTS) is 1. The summed E-state index contributed by atoms with van der Waals surface area (Å²) in [6.45, 7) is 2.60. The van der Waals surface area contributed by atoms with Crippen LogP contribution < -0.4 is 5.32 Å². The van der Waals surface area contributed by atoms with Crippen molar-refractivity contribution in [3.63, 3.8) is 0 Å². The van der Waals surface area contributed by atoms with Gasteiger partial charge >= 0.3 is 19.8 Å². The third-order valence-corrected chi connectivity index (χ3v) is 11.9. The summed E-state index contributed by atoms with van der Waals surface area (Å²) in [6, 6.07) is -1.55. The van der Waals surface area contributed by atoms with Gasteiger partial charge in [-0.05, 0) is 44.9 Å². The molecule has 0 rings (SSSR count). The average molecular weight is 886 g/mol. The number of allylic oxidation sites excluding steroid dienone is 4. The van der Waals surface area contributed by atoms with Crippen molar-refractivity contribution in [2.45, 2.75) is 251 Å². The van der Waals surface area contributed by atoms with Crippen molar-refractivity contribution < 1.29 is 47.8 Å². The van der Waals surface area contributed by atoms with Gasteiger partial charge in [0.1, 0.15) is 12.7 Å². The van der Waals surface area contributed by atoms with Crippen LogP contribution in [0.4, 0.5) is 0 Å². The Morgan fingerprint density at radius 3 is 1.34 bits per heavy atom. The van der Waals surface area contributed by atoms with Crippen LogP contribution in [-0.2, 0) is 32.7 Å². The largest absolute Gasteiger partial charge is 0.480 e. The van der Waals surface area contributed by atoms with Crippen LogP contribution in [0.5, 0.6) is 0 Å². The number of nitrogens with one attached hydrogen (secondary N) is 1. The molecule has 11 nitrogen and oxygen atoms in total. The van der Waals surface area contributed by atoms with Gasteiger partial charge in [-0.2, -0.15) is 0 Å². The van der Waals surface area contributed by atoms with Gasteiger partial charge in [0, 0.05) is 12.8 Å². The number of ether oxygens (including phenoxy) is 1. The molecule has 0 aliphatic rings. The Morgan fingerprint density at radius 2 is 0.902 bits per heavy atom. The minimum Gasteiger partial charge on any atom is -0.480 e. The van der Waals surface area contributed by atoms with Gasteiger partial charge in [0.25, 0.3) is 0 Å². The van der Waals surface area contributed by atoms with E-state index in [-0.39, 0.29) is 12.8 Å². The zero-order chi connectivity index (χ0) is 44.9. The molecule has 1 amide bonds. The third kappa shape index (κ3) is 44.4. The van der Waals surface area contributed by atoms with Crippen LogP contribution in [0.3, 0.4) is 0 Å². The van der Waals surface area contributed by atoms with Crippen molar-refractivity contribution in [1.29, 1.82) is 0 Å². The molecule has 12 heteroatoms. The molecule has 0 fully saturated rings. The fourth-order valence-corrected chi connectivity index (χ4v) is 7.88. The number of aliphatic hydroxyl groups excluding tert-OH is 1. The van der Waals surface area contributed by atoms with Crippen LogP contribution in [0.2, 0.25) is 0 Å². The molecule has 3 unspecified atom stereocenters.